The third-order valence-corrected chi connectivity index (χ3v) is 6.39. The van der Waals surface area contributed by atoms with Gasteiger partial charge >= 0.3 is 0 Å². The first-order valence-corrected chi connectivity index (χ1v) is 13.8. The molecule has 0 saturated heterocycles. The van der Waals surface area contributed by atoms with Crippen LogP contribution in [0.2, 0.25) is 5.02 Å². The number of rotatable bonds is 19. The Kier molecular flexibility index (Phi) is 14.9. The Morgan fingerprint density at radius 2 is 1.54 bits per heavy atom. The normalized spacial score (nSPS) is 10.8. The van der Waals surface area contributed by atoms with Crippen LogP contribution in [0.1, 0.15) is 83.6 Å². The first-order chi connectivity index (χ1) is 17.1. The molecule has 0 aliphatic rings. The molecule has 0 aliphatic carbocycles. The number of benzene rings is 1. The predicted molar refractivity (Wildman–Crippen MR) is 143 cm³/mol. The highest BCUT2D eigenvalue weighted by Gasteiger charge is 2.07. The standard InChI is InChI=1S/C29H43ClN2O3/c1-3-5-6-7-8-9-10-11-12-13-22-34-28-15-14-26(23-27(28)30)35-24-29(33)31-19-16-25-17-20-32(4-2)21-18-25/h14-15,17-18,20-21,23H,3-13,16,19,22,24H2,1-2H3/p+1. The molecule has 1 aromatic carbocycles. The van der Waals surface area contributed by atoms with E-state index >= 15 is 0 Å². The van der Waals surface area contributed by atoms with Gasteiger partial charge < -0.3 is 14.8 Å². The van der Waals surface area contributed by atoms with Crippen molar-refractivity contribution in [1.29, 1.82) is 0 Å². The van der Waals surface area contributed by atoms with Gasteiger partial charge in [-0.2, -0.15) is 0 Å². The van der Waals surface area contributed by atoms with Crippen molar-refractivity contribution in [2.75, 3.05) is 19.8 Å². The van der Waals surface area contributed by atoms with E-state index in [0.717, 1.165) is 19.4 Å². The molecule has 2 rings (SSSR count). The fourth-order valence-electron chi connectivity index (χ4n) is 3.87. The molecule has 2 aromatic rings. The second-order valence-electron chi connectivity index (χ2n) is 9.05. The minimum absolute atomic E-state index is 0.0419. The first kappa shape index (κ1) is 29.0. The van der Waals surface area contributed by atoms with Gasteiger partial charge in [-0.3, -0.25) is 4.79 Å². The Bertz CT molecular complexity index is 842. The van der Waals surface area contributed by atoms with E-state index in [-0.39, 0.29) is 12.5 Å². The van der Waals surface area contributed by atoms with Crippen molar-refractivity contribution in [2.24, 2.45) is 0 Å². The summed E-state index contributed by atoms with van der Waals surface area (Å²) >= 11 is 6.34. The van der Waals surface area contributed by atoms with E-state index in [9.17, 15) is 4.79 Å². The zero-order valence-electron chi connectivity index (χ0n) is 21.7. The van der Waals surface area contributed by atoms with Crippen molar-refractivity contribution < 1.29 is 18.8 Å². The second-order valence-corrected chi connectivity index (χ2v) is 9.46. The number of ether oxygens (including phenoxy) is 2. The summed E-state index contributed by atoms with van der Waals surface area (Å²) in [6.45, 7) is 6.51. The number of carbonyl (C=O) groups excluding carboxylic acids is 1. The summed E-state index contributed by atoms with van der Waals surface area (Å²) in [5, 5.41) is 3.39. The summed E-state index contributed by atoms with van der Waals surface area (Å²) in [6.07, 6.45) is 17.9. The van der Waals surface area contributed by atoms with Gasteiger partial charge in [-0.1, -0.05) is 76.3 Å². The van der Waals surface area contributed by atoms with Crippen LogP contribution in [0.15, 0.2) is 42.7 Å². The number of aryl methyl sites for hydroxylation is 1. The maximum absolute atomic E-state index is 12.1. The van der Waals surface area contributed by atoms with Crippen molar-refractivity contribution in [3.05, 3.63) is 53.3 Å². The highest BCUT2D eigenvalue weighted by atomic mass is 35.5. The second kappa shape index (κ2) is 18.1. The Balaban J connectivity index is 1.54. The van der Waals surface area contributed by atoms with Gasteiger partial charge in [-0.25, -0.2) is 4.57 Å². The zero-order chi connectivity index (χ0) is 25.1. The number of amides is 1. The van der Waals surface area contributed by atoms with E-state index in [1.54, 1.807) is 12.1 Å². The summed E-state index contributed by atoms with van der Waals surface area (Å²) in [7, 11) is 0. The molecule has 5 nitrogen and oxygen atoms in total. The lowest BCUT2D eigenvalue weighted by atomic mass is 10.1. The van der Waals surface area contributed by atoms with Gasteiger partial charge in [0.15, 0.2) is 19.0 Å². The molecular formula is C29H44ClN2O3+. The van der Waals surface area contributed by atoms with E-state index < -0.39 is 0 Å². The molecule has 1 heterocycles. The van der Waals surface area contributed by atoms with Gasteiger partial charge in [0.1, 0.15) is 18.0 Å². The monoisotopic (exact) mass is 503 g/mol. The van der Waals surface area contributed by atoms with E-state index in [1.807, 2.05) is 6.07 Å². The molecule has 0 spiro atoms. The van der Waals surface area contributed by atoms with Crippen LogP contribution >= 0.6 is 11.6 Å². The van der Waals surface area contributed by atoms with Crippen LogP contribution in [0, 0.1) is 0 Å². The van der Waals surface area contributed by atoms with E-state index in [1.165, 1.54) is 63.4 Å². The van der Waals surface area contributed by atoms with Gasteiger partial charge in [0.25, 0.3) is 5.91 Å². The maximum Gasteiger partial charge on any atom is 0.257 e. The lowest BCUT2D eigenvalue weighted by Gasteiger charge is -2.11. The molecule has 6 heteroatoms. The largest absolute Gasteiger partial charge is 0.492 e. The Labute approximate surface area is 217 Å². The number of nitrogens with zero attached hydrogens (tertiary/aromatic N) is 1. The van der Waals surface area contributed by atoms with Crippen molar-refractivity contribution in [1.82, 2.24) is 5.32 Å². The summed E-state index contributed by atoms with van der Waals surface area (Å²) in [5.41, 5.74) is 1.19. The Morgan fingerprint density at radius 1 is 0.886 bits per heavy atom. The molecule has 194 valence electrons. The average molecular weight is 504 g/mol. The maximum atomic E-state index is 12.1. The summed E-state index contributed by atoms with van der Waals surface area (Å²) in [4.78, 5) is 12.1. The van der Waals surface area contributed by atoms with Gasteiger partial charge in [-0.15, -0.1) is 0 Å². The summed E-state index contributed by atoms with van der Waals surface area (Å²) in [5.74, 6) is 1.07. The molecule has 0 saturated carbocycles. The topological polar surface area (TPSA) is 51.4 Å². The van der Waals surface area contributed by atoms with Crippen molar-refractivity contribution in [3.63, 3.8) is 0 Å². The molecule has 1 amide bonds. The van der Waals surface area contributed by atoms with Gasteiger partial charge in [0, 0.05) is 24.7 Å². The third-order valence-electron chi connectivity index (χ3n) is 6.09. The first-order valence-electron chi connectivity index (χ1n) is 13.4. The van der Waals surface area contributed by atoms with E-state index in [4.69, 9.17) is 21.1 Å². The fraction of sp³-hybridized carbons (Fsp3) is 0.586. The van der Waals surface area contributed by atoms with Crippen molar-refractivity contribution >= 4 is 17.5 Å². The molecule has 0 unspecified atom stereocenters. The zero-order valence-corrected chi connectivity index (χ0v) is 22.5. The third kappa shape index (κ3) is 12.8. The number of unbranched alkanes of at least 4 members (excludes halogenated alkanes) is 9. The van der Waals surface area contributed by atoms with Crippen molar-refractivity contribution in [2.45, 2.75) is 91.0 Å². The predicted octanol–water partition coefficient (Wildman–Crippen LogP) is 6.68. The average Bonchev–Trinajstić information content (AvgIpc) is 2.87. The lowest BCUT2D eigenvalue weighted by molar-refractivity contribution is -0.693. The molecule has 0 aliphatic heterocycles. The summed E-state index contributed by atoms with van der Waals surface area (Å²) in [6, 6.07) is 9.46. The van der Waals surface area contributed by atoms with Crippen LogP contribution in [0.25, 0.3) is 0 Å². The molecular weight excluding hydrogens is 460 g/mol. The van der Waals surface area contributed by atoms with Crippen LogP contribution in [-0.4, -0.2) is 25.7 Å². The van der Waals surface area contributed by atoms with E-state index in [0.29, 0.717) is 29.7 Å². The number of aromatic nitrogens is 1. The SMILES string of the molecule is CCCCCCCCCCCCOc1ccc(OCC(=O)NCCc2cc[n+](CC)cc2)cc1Cl. The number of carbonyl (C=O) groups is 1. The van der Waals surface area contributed by atoms with Crippen molar-refractivity contribution in [3.8, 4) is 11.5 Å². The number of hydrogen-bond donors (Lipinski definition) is 1. The molecule has 0 fully saturated rings. The van der Waals surface area contributed by atoms with E-state index in [2.05, 4.69) is 48.3 Å². The highest BCUT2D eigenvalue weighted by molar-refractivity contribution is 6.32. The molecule has 0 atom stereocenters. The van der Waals surface area contributed by atoms with Gasteiger partial charge in [0.05, 0.1) is 11.6 Å². The Morgan fingerprint density at radius 3 is 2.17 bits per heavy atom. The van der Waals surface area contributed by atoms with Crippen LogP contribution in [0.5, 0.6) is 11.5 Å². The van der Waals surface area contributed by atoms with Crippen LogP contribution in [0.3, 0.4) is 0 Å². The highest BCUT2D eigenvalue weighted by Crippen LogP contribution is 2.29. The van der Waals surface area contributed by atoms with Gasteiger partial charge in [-0.05, 0) is 37.5 Å². The van der Waals surface area contributed by atoms with Crippen LogP contribution in [-0.2, 0) is 17.8 Å². The number of nitrogens with one attached hydrogen (secondary N) is 1. The summed E-state index contributed by atoms with van der Waals surface area (Å²) < 4.78 is 13.5. The minimum atomic E-state index is -0.151. The number of hydrogen-bond acceptors (Lipinski definition) is 3. The lowest BCUT2D eigenvalue weighted by Crippen LogP contribution is -2.32. The van der Waals surface area contributed by atoms with Crippen LogP contribution < -0.4 is 19.4 Å². The fourth-order valence-corrected chi connectivity index (χ4v) is 4.10. The molecule has 1 N–H and O–H groups in total. The van der Waals surface area contributed by atoms with Crippen LogP contribution in [0.4, 0.5) is 0 Å². The number of pyridine rings is 1. The Hall–Kier alpha value is -2.27. The molecule has 35 heavy (non-hydrogen) atoms. The van der Waals surface area contributed by atoms with Gasteiger partial charge in [0.2, 0.25) is 0 Å². The minimum Gasteiger partial charge on any atom is -0.492 e. The number of halogens is 1. The quantitative estimate of drug-likeness (QED) is 0.172. The smallest absolute Gasteiger partial charge is 0.257 e. The molecule has 1 aromatic heterocycles. The molecule has 0 bridgehead atoms. The molecule has 0 radical (unpaired) electrons.